The lowest BCUT2D eigenvalue weighted by Crippen LogP contribution is -2.30. The summed E-state index contributed by atoms with van der Waals surface area (Å²) < 4.78 is 0. The molecule has 0 saturated carbocycles. The van der Waals surface area contributed by atoms with Crippen LogP contribution in [0.25, 0.3) is 0 Å². The van der Waals surface area contributed by atoms with Crippen molar-refractivity contribution in [3.05, 3.63) is 75.3 Å². The fraction of sp³-hybridized carbons (Fsp3) is 0.235. The number of benzene rings is 2. The number of aryl methyl sites for hydroxylation is 1. The molecule has 2 aromatic rings. The monoisotopic (exact) mass is 296 g/mol. The largest absolute Gasteiger partial charge is 0.345 e. The van der Waals surface area contributed by atoms with Gasteiger partial charge in [0.25, 0.3) is 11.6 Å². The van der Waals surface area contributed by atoms with Crippen LogP contribution in [0.2, 0.25) is 0 Å². The van der Waals surface area contributed by atoms with Crippen molar-refractivity contribution in [2.75, 3.05) is 0 Å². The Morgan fingerprint density at radius 3 is 2.59 bits per heavy atom. The second kappa shape index (κ2) is 5.97. The Morgan fingerprint density at radius 2 is 1.86 bits per heavy atom. The van der Waals surface area contributed by atoms with Gasteiger partial charge in [0.15, 0.2) is 0 Å². The Balaban J connectivity index is 1.76. The summed E-state index contributed by atoms with van der Waals surface area (Å²) in [5.74, 6) is -0.198. The minimum atomic E-state index is -0.473. The van der Waals surface area contributed by atoms with Crippen molar-refractivity contribution < 1.29 is 9.72 Å². The summed E-state index contributed by atoms with van der Waals surface area (Å²) in [7, 11) is 0. The van der Waals surface area contributed by atoms with Gasteiger partial charge in [-0.1, -0.05) is 24.3 Å². The third kappa shape index (κ3) is 2.83. The van der Waals surface area contributed by atoms with Crippen molar-refractivity contribution in [3.63, 3.8) is 0 Å². The lowest BCUT2D eigenvalue weighted by atomic mass is 9.87. The van der Waals surface area contributed by atoms with Gasteiger partial charge in [-0.25, -0.2) is 0 Å². The zero-order chi connectivity index (χ0) is 15.5. The van der Waals surface area contributed by atoms with Gasteiger partial charge in [-0.05, 0) is 42.5 Å². The van der Waals surface area contributed by atoms with Crippen LogP contribution in [-0.2, 0) is 6.42 Å². The van der Waals surface area contributed by atoms with Crippen molar-refractivity contribution in [3.8, 4) is 0 Å². The number of hydrogen-bond donors (Lipinski definition) is 1. The molecule has 3 rings (SSSR count). The average molecular weight is 296 g/mol. The van der Waals surface area contributed by atoms with Crippen LogP contribution in [0.3, 0.4) is 0 Å². The summed E-state index contributed by atoms with van der Waals surface area (Å²) in [5, 5.41) is 13.7. The van der Waals surface area contributed by atoms with E-state index in [1.165, 1.54) is 35.4 Å². The highest BCUT2D eigenvalue weighted by Crippen LogP contribution is 2.29. The first kappa shape index (κ1) is 14.3. The molecule has 0 aliphatic heterocycles. The number of amides is 1. The van der Waals surface area contributed by atoms with Crippen LogP contribution in [0.5, 0.6) is 0 Å². The summed E-state index contributed by atoms with van der Waals surface area (Å²) in [6.07, 6.45) is 3.00. The third-order valence-corrected chi connectivity index (χ3v) is 4.02. The van der Waals surface area contributed by atoms with Gasteiger partial charge >= 0.3 is 0 Å². The fourth-order valence-electron chi connectivity index (χ4n) is 2.88. The molecular weight excluding hydrogens is 280 g/mol. The summed E-state index contributed by atoms with van der Waals surface area (Å²) >= 11 is 0. The number of nitro groups is 1. The molecule has 2 aromatic carbocycles. The van der Waals surface area contributed by atoms with Gasteiger partial charge in [-0.15, -0.1) is 0 Å². The maximum Gasteiger partial charge on any atom is 0.269 e. The predicted molar refractivity (Wildman–Crippen MR) is 82.7 cm³/mol. The fourth-order valence-corrected chi connectivity index (χ4v) is 2.88. The van der Waals surface area contributed by atoms with Crippen LogP contribution in [-0.4, -0.2) is 10.8 Å². The van der Waals surface area contributed by atoms with E-state index in [-0.39, 0.29) is 17.6 Å². The summed E-state index contributed by atoms with van der Waals surface area (Å²) in [4.78, 5) is 22.5. The molecule has 0 heterocycles. The first-order chi connectivity index (χ1) is 10.6. The Labute approximate surface area is 128 Å². The zero-order valence-electron chi connectivity index (χ0n) is 12.0. The number of rotatable bonds is 3. The summed E-state index contributed by atoms with van der Waals surface area (Å²) in [5.41, 5.74) is 2.87. The average Bonchev–Trinajstić information content (AvgIpc) is 2.55. The SMILES string of the molecule is O=C(N[C@H]1CCCc2ccccc21)c1ccc([N+](=O)[O-])cc1. The second-order valence-corrected chi connectivity index (χ2v) is 5.42. The Morgan fingerprint density at radius 1 is 1.14 bits per heavy atom. The molecule has 22 heavy (non-hydrogen) atoms. The van der Waals surface area contributed by atoms with Crippen LogP contribution >= 0.6 is 0 Å². The highest BCUT2D eigenvalue weighted by molar-refractivity contribution is 5.94. The first-order valence-electron chi connectivity index (χ1n) is 7.28. The zero-order valence-corrected chi connectivity index (χ0v) is 12.0. The normalized spacial score (nSPS) is 16.6. The molecule has 0 radical (unpaired) electrons. The molecule has 0 unspecified atom stereocenters. The highest BCUT2D eigenvalue weighted by atomic mass is 16.6. The number of hydrogen-bond acceptors (Lipinski definition) is 3. The van der Waals surface area contributed by atoms with Crippen LogP contribution in [0, 0.1) is 10.1 Å². The molecule has 5 nitrogen and oxygen atoms in total. The van der Waals surface area contributed by atoms with E-state index >= 15 is 0 Å². The van der Waals surface area contributed by atoms with Crippen LogP contribution in [0.15, 0.2) is 48.5 Å². The van der Waals surface area contributed by atoms with Gasteiger partial charge in [0.1, 0.15) is 0 Å². The number of carbonyl (C=O) groups is 1. The predicted octanol–water partition coefficient (Wildman–Crippen LogP) is 3.40. The smallest absolute Gasteiger partial charge is 0.269 e. The van der Waals surface area contributed by atoms with E-state index in [0.717, 1.165) is 19.3 Å². The second-order valence-electron chi connectivity index (χ2n) is 5.42. The molecule has 0 bridgehead atoms. The van der Waals surface area contributed by atoms with E-state index in [1.807, 2.05) is 12.1 Å². The molecule has 0 fully saturated rings. The van der Waals surface area contributed by atoms with Crippen molar-refractivity contribution in [2.24, 2.45) is 0 Å². The molecule has 1 aliphatic carbocycles. The molecular formula is C17H16N2O3. The molecule has 0 aromatic heterocycles. The lowest BCUT2D eigenvalue weighted by molar-refractivity contribution is -0.384. The lowest BCUT2D eigenvalue weighted by Gasteiger charge is -2.26. The molecule has 1 aliphatic rings. The number of non-ortho nitro benzene ring substituents is 1. The highest BCUT2D eigenvalue weighted by Gasteiger charge is 2.22. The quantitative estimate of drug-likeness (QED) is 0.697. The Kier molecular flexibility index (Phi) is 3.87. The van der Waals surface area contributed by atoms with Gasteiger partial charge in [0.2, 0.25) is 0 Å². The van der Waals surface area contributed by atoms with Gasteiger partial charge in [-0.3, -0.25) is 14.9 Å². The number of nitrogens with zero attached hydrogens (tertiary/aromatic N) is 1. The molecule has 1 N–H and O–H groups in total. The number of nitro benzene ring substituents is 1. The van der Waals surface area contributed by atoms with Gasteiger partial charge in [-0.2, -0.15) is 0 Å². The number of carbonyl (C=O) groups excluding carboxylic acids is 1. The topological polar surface area (TPSA) is 72.2 Å². The molecule has 5 heteroatoms. The van der Waals surface area contributed by atoms with Gasteiger partial charge < -0.3 is 5.32 Å². The maximum atomic E-state index is 12.3. The minimum Gasteiger partial charge on any atom is -0.345 e. The minimum absolute atomic E-state index is 0.00708. The number of fused-ring (bicyclic) bond motifs is 1. The van der Waals surface area contributed by atoms with Crippen molar-refractivity contribution in [1.82, 2.24) is 5.32 Å². The van der Waals surface area contributed by atoms with Crippen LogP contribution in [0.4, 0.5) is 5.69 Å². The third-order valence-electron chi connectivity index (χ3n) is 4.02. The van der Waals surface area contributed by atoms with Crippen molar-refractivity contribution >= 4 is 11.6 Å². The standard InChI is InChI=1S/C17H16N2O3/c20-17(13-8-10-14(11-9-13)19(21)22)18-16-7-3-5-12-4-1-2-6-15(12)16/h1-2,4,6,8-11,16H,3,5,7H2,(H,18,20)/t16-/m0/s1. The summed E-state index contributed by atoms with van der Waals surface area (Å²) in [6, 6.07) is 13.8. The van der Waals surface area contributed by atoms with E-state index < -0.39 is 4.92 Å². The van der Waals surface area contributed by atoms with E-state index in [0.29, 0.717) is 5.56 Å². The van der Waals surface area contributed by atoms with Gasteiger partial charge in [0.05, 0.1) is 11.0 Å². The molecule has 0 saturated heterocycles. The molecule has 1 atom stereocenters. The molecule has 1 amide bonds. The Hall–Kier alpha value is -2.69. The van der Waals surface area contributed by atoms with E-state index in [4.69, 9.17) is 0 Å². The van der Waals surface area contributed by atoms with E-state index in [2.05, 4.69) is 17.4 Å². The Bertz CT molecular complexity index is 710. The molecule has 0 spiro atoms. The number of nitrogens with one attached hydrogen (secondary N) is 1. The summed E-state index contributed by atoms with van der Waals surface area (Å²) in [6.45, 7) is 0. The van der Waals surface area contributed by atoms with E-state index in [9.17, 15) is 14.9 Å². The first-order valence-corrected chi connectivity index (χ1v) is 7.28. The van der Waals surface area contributed by atoms with Crippen molar-refractivity contribution in [2.45, 2.75) is 25.3 Å². The van der Waals surface area contributed by atoms with E-state index in [1.54, 1.807) is 0 Å². The van der Waals surface area contributed by atoms with Crippen LogP contribution < -0.4 is 5.32 Å². The van der Waals surface area contributed by atoms with Crippen LogP contribution in [0.1, 0.15) is 40.4 Å². The van der Waals surface area contributed by atoms with Crippen molar-refractivity contribution in [1.29, 1.82) is 0 Å². The molecule has 112 valence electrons. The van der Waals surface area contributed by atoms with Gasteiger partial charge in [0, 0.05) is 17.7 Å². The maximum absolute atomic E-state index is 12.3.